The van der Waals surface area contributed by atoms with Crippen LogP contribution >= 0.6 is 67.8 Å². The third kappa shape index (κ3) is 5.08. The van der Waals surface area contributed by atoms with Crippen LogP contribution in [0.3, 0.4) is 0 Å². The van der Waals surface area contributed by atoms with Crippen molar-refractivity contribution >= 4 is 83.9 Å². The summed E-state index contributed by atoms with van der Waals surface area (Å²) in [5.41, 5.74) is 1.06. The van der Waals surface area contributed by atoms with Crippen molar-refractivity contribution < 1.29 is 22.5 Å². The number of hydrogen-bond donors (Lipinski definition) is 1. The SMILES string of the molecule is Cc1cc(S(=O)(=O)O)c(C(C)C)cc1C(=O)Oc1c(I)cc(I)cc1I. The Balaban J connectivity index is 2.52. The molecule has 2 aromatic carbocycles. The van der Waals surface area contributed by atoms with Crippen LogP contribution in [0.2, 0.25) is 0 Å². The van der Waals surface area contributed by atoms with Gasteiger partial charge in [0.1, 0.15) is 0 Å². The minimum atomic E-state index is -4.38. The lowest BCUT2D eigenvalue weighted by Crippen LogP contribution is -2.15. The number of hydrogen-bond acceptors (Lipinski definition) is 4. The molecule has 0 aliphatic carbocycles. The number of rotatable bonds is 4. The van der Waals surface area contributed by atoms with Gasteiger partial charge in [-0.25, -0.2) is 4.79 Å². The van der Waals surface area contributed by atoms with E-state index in [0.717, 1.165) is 10.7 Å². The first kappa shape index (κ1) is 22.3. The highest BCUT2D eigenvalue weighted by atomic mass is 127. The van der Waals surface area contributed by atoms with Crippen LogP contribution in [0, 0.1) is 17.6 Å². The van der Waals surface area contributed by atoms with Crippen molar-refractivity contribution in [2.24, 2.45) is 0 Å². The second-order valence-corrected chi connectivity index (χ2v) is 10.9. The third-order valence-electron chi connectivity index (χ3n) is 3.63. The van der Waals surface area contributed by atoms with Gasteiger partial charge in [-0.15, -0.1) is 0 Å². The van der Waals surface area contributed by atoms with Crippen molar-refractivity contribution in [1.82, 2.24) is 0 Å². The number of ether oxygens (including phenoxy) is 1. The maximum Gasteiger partial charge on any atom is 0.343 e. The van der Waals surface area contributed by atoms with Crippen molar-refractivity contribution in [2.45, 2.75) is 31.6 Å². The smallest absolute Gasteiger partial charge is 0.343 e. The quantitative estimate of drug-likeness (QED) is 0.199. The summed E-state index contributed by atoms with van der Waals surface area (Å²) >= 11 is 6.40. The Hall–Kier alpha value is 0.0100. The highest BCUT2D eigenvalue weighted by Gasteiger charge is 2.23. The third-order valence-corrected chi connectivity index (χ3v) is 6.77. The van der Waals surface area contributed by atoms with E-state index in [-0.39, 0.29) is 16.4 Å². The zero-order valence-corrected chi connectivity index (χ0v) is 21.3. The fourth-order valence-electron chi connectivity index (χ4n) is 2.37. The summed E-state index contributed by atoms with van der Waals surface area (Å²) in [6, 6.07) is 6.60. The van der Waals surface area contributed by atoms with Gasteiger partial charge in [-0.2, -0.15) is 8.42 Å². The molecule has 0 bridgehead atoms. The normalized spacial score (nSPS) is 11.7. The summed E-state index contributed by atoms with van der Waals surface area (Å²) in [5, 5.41) is 0. The highest BCUT2D eigenvalue weighted by molar-refractivity contribution is 14.1. The van der Waals surface area contributed by atoms with Crippen LogP contribution in [0.25, 0.3) is 0 Å². The van der Waals surface area contributed by atoms with Crippen molar-refractivity contribution in [2.75, 3.05) is 0 Å². The number of aryl methyl sites for hydroxylation is 1. The Bertz CT molecular complexity index is 961. The zero-order chi connectivity index (χ0) is 19.8. The molecule has 0 unspecified atom stereocenters. The molecule has 0 atom stereocenters. The van der Waals surface area contributed by atoms with Crippen LogP contribution in [0.1, 0.15) is 41.3 Å². The topological polar surface area (TPSA) is 80.7 Å². The summed E-state index contributed by atoms with van der Waals surface area (Å²) in [7, 11) is -4.38. The fourth-order valence-corrected chi connectivity index (χ4v) is 7.09. The number of carbonyl (C=O) groups excluding carboxylic acids is 1. The average molecular weight is 712 g/mol. The van der Waals surface area contributed by atoms with Crippen molar-refractivity contribution in [3.05, 3.63) is 51.7 Å². The van der Waals surface area contributed by atoms with Gasteiger partial charge < -0.3 is 4.74 Å². The lowest BCUT2D eigenvalue weighted by atomic mass is 9.97. The molecular formula is C17H15I3O5S. The van der Waals surface area contributed by atoms with E-state index in [9.17, 15) is 17.8 Å². The minimum absolute atomic E-state index is 0.181. The molecule has 0 spiro atoms. The maximum absolute atomic E-state index is 12.7. The molecule has 0 fully saturated rings. The molecule has 2 rings (SSSR count). The summed E-state index contributed by atoms with van der Waals surface area (Å²) in [6.07, 6.45) is 0. The van der Waals surface area contributed by atoms with Crippen molar-refractivity contribution in [1.29, 1.82) is 0 Å². The average Bonchev–Trinajstić information content (AvgIpc) is 2.49. The highest BCUT2D eigenvalue weighted by Crippen LogP contribution is 2.32. The molecule has 0 saturated carbocycles. The van der Waals surface area contributed by atoms with Gasteiger partial charge in [0.15, 0.2) is 5.75 Å². The largest absolute Gasteiger partial charge is 0.421 e. The Morgan fingerprint density at radius 1 is 1.08 bits per heavy atom. The lowest BCUT2D eigenvalue weighted by molar-refractivity contribution is 0.0731. The van der Waals surface area contributed by atoms with Crippen molar-refractivity contribution in [3.63, 3.8) is 0 Å². The first-order valence-corrected chi connectivity index (χ1v) is 12.1. The molecule has 9 heteroatoms. The van der Waals surface area contributed by atoms with Crippen LogP contribution in [0.5, 0.6) is 5.75 Å². The minimum Gasteiger partial charge on any atom is -0.421 e. The first-order chi connectivity index (χ1) is 11.9. The van der Waals surface area contributed by atoms with E-state index in [2.05, 4.69) is 67.8 Å². The van der Waals surface area contributed by atoms with Gasteiger partial charge in [-0.05, 0) is 116 Å². The zero-order valence-electron chi connectivity index (χ0n) is 14.0. The fraction of sp³-hybridized carbons (Fsp3) is 0.235. The molecule has 0 aliphatic rings. The number of halogens is 3. The molecule has 0 aliphatic heterocycles. The van der Waals surface area contributed by atoms with Gasteiger partial charge >= 0.3 is 5.97 Å². The van der Waals surface area contributed by atoms with Crippen LogP contribution in [-0.4, -0.2) is 18.9 Å². The van der Waals surface area contributed by atoms with Gasteiger partial charge in [0.05, 0.1) is 17.6 Å². The molecule has 0 aromatic heterocycles. The van der Waals surface area contributed by atoms with Crippen LogP contribution in [0.15, 0.2) is 29.2 Å². The monoisotopic (exact) mass is 712 g/mol. The van der Waals surface area contributed by atoms with Gasteiger partial charge in [-0.3, -0.25) is 4.55 Å². The Morgan fingerprint density at radius 2 is 1.62 bits per heavy atom. The Morgan fingerprint density at radius 3 is 2.08 bits per heavy atom. The van der Waals surface area contributed by atoms with Gasteiger partial charge in [0.2, 0.25) is 0 Å². The Labute approximate surface area is 193 Å². The summed E-state index contributed by atoms with van der Waals surface area (Å²) < 4.78 is 41.0. The van der Waals surface area contributed by atoms with Crippen LogP contribution in [-0.2, 0) is 10.1 Å². The Kier molecular flexibility index (Phi) is 7.35. The standard InChI is InChI=1S/C17H15I3O5S/c1-8(2)11-7-12(9(3)4-15(11)26(22,23)24)17(21)25-16-13(19)5-10(18)6-14(16)20/h4-8H,1-3H3,(H,22,23,24). The molecule has 0 saturated heterocycles. The van der Waals surface area contributed by atoms with E-state index in [1.165, 1.54) is 12.1 Å². The predicted molar refractivity (Wildman–Crippen MR) is 125 cm³/mol. The van der Waals surface area contributed by atoms with E-state index < -0.39 is 16.1 Å². The summed E-state index contributed by atoms with van der Waals surface area (Å²) in [4.78, 5) is 12.5. The van der Waals surface area contributed by atoms with E-state index >= 15 is 0 Å². The van der Waals surface area contributed by atoms with Crippen molar-refractivity contribution in [3.8, 4) is 5.75 Å². The van der Waals surface area contributed by atoms with Gasteiger partial charge in [-0.1, -0.05) is 13.8 Å². The van der Waals surface area contributed by atoms with Gasteiger partial charge in [0.25, 0.3) is 10.1 Å². The molecule has 0 heterocycles. The van der Waals surface area contributed by atoms with E-state index in [0.29, 0.717) is 16.9 Å². The molecule has 0 amide bonds. The van der Waals surface area contributed by atoms with Crippen LogP contribution in [0.4, 0.5) is 0 Å². The number of esters is 1. The molecule has 1 N–H and O–H groups in total. The molecule has 0 radical (unpaired) electrons. The van der Waals surface area contributed by atoms with Gasteiger partial charge in [0, 0.05) is 3.57 Å². The van der Waals surface area contributed by atoms with E-state index in [1.807, 2.05) is 12.1 Å². The summed E-state index contributed by atoms with van der Waals surface area (Å²) in [5.74, 6) is -0.290. The van der Waals surface area contributed by atoms with E-state index in [4.69, 9.17) is 4.74 Å². The van der Waals surface area contributed by atoms with E-state index in [1.54, 1.807) is 20.8 Å². The lowest BCUT2D eigenvalue weighted by Gasteiger charge is -2.16. The second-order valence-electron chi connectivity index (χ2n) is 5.92. The predicted octanol–water partition coefficient (Wildman–Crippen LogP) is 5.40. The molecule has 5 nitrogen and oxygen atoms in total. The summed E-state index contributed by atoms with van der Waals surface area (Å²) in [6.45, 7) is 5.19. The molecule has 140 valence electrons. The molecular weight excluding hydrogens is 697 g/mol. The second kappa shape index (κ2) is 8.57. The number of carbonyl (C=O) groups is 1. The molecule has 2 aromatic rings. The first-order valence-electron chi connectivity index (χ1n) is 7.40. The molecule has 26 heavy (non-hydrogen) atoms. The number of benzene rings is 2. The maximum atomic E-state index is 12.7. The van der Waals surface area contributed by atoms with Crippen LogP contribution < -0.4 is 4.74 Å².